The Labute approximate surface area is 156 Å². The third-order valence-corrected chi connectivity index (χ3v) is 7.27. The number of amides is 1. The molecule has 4 saturated heterocycles. The molecule has 1 N–H and O–H groups in total. The molecule has 1 aromatic carbocycles. The van der Waals surface area contributed by atoms with Gasteiger partial charge in [-0.25, -0.2) is 0 Å². The lowest BCUT2D eigenvalue weighted by Gasteiger charge is -2.55. The highest BCUT2D eigenvalue weighted by Gasteiger charge is 2.50. The highest BCUT2D eigenvalue weighted by atomic mass is 16.2. The van der Waals surface area contributed by atoms with Crippen molar-refractivity contribution in [2.75, 3.05) is 39.3 Å². The molecule has 5 aliphatic rings. The number of rotatable bonds is 5. The standard InChI is InChI=1S/C22H31N3O/c26-22(21-18-10-17-11-19(21)14-25(12-17)13-18)23-20-7-9-24(15-20)8-6-16-4-2-1-3-5-16/h1-5,17-21H,6-15H2,(H,23,26)/t17?,18?,19?,20-,21?/m0/s1. The molecule has 4 bridgehead atoms. The number of hydrogen-bond donors (Lipinski definition) is 1. The van der Waals surface area contributed by atoms with Crippen LogP contribution in [0.4, 0.5) is 0 Å². The second-order valence-electron chi connectivity index (χ2n) is 9.13. The van der Waals surface area contributed by atoms with Crippen LogP contribution in [0.25, 0.3) is 0 Å². The summed E-state index contributed by atoms with van der Waals surface area (Å²) in [7, 11) is 0. The Hall–Kier alpha value is -1.39. The van der Waals surface area contributed by atoms with Crippen molar-refractivity contribution in [1.82, 2.24) is 15.1 Å². The first kappa shape index (κ1) is 16.8. The van der Waals surface area contributed by atoms with E-state index in [1.54, 1.807) is 0 Å². The highest BCUT2D eigenvalue weighted by molar-refractivity contribution is 5.80. The number of nitrogens with zero attached hydrogens (tertiary/aromatic N) is 2. The number of likely N-dealkylation sites (tertiary alicyclic amines) is 1. The van der Waals surface area contributed by atoms with Gasteiger partial charge in [-0.05, 0) is 49.0 Å². The smallest absolute Gasteiger partial charge is 0.224 e. The minimum Gasteiger partial charge on any atom is -0.352 e. The largest absolute Gasteiger partial charge is 0.352 e. The van der Waals surface area contributed by atoms with E-state index in [0.717, 1.165) is 38.4 Å². The maximum Gasteiger partial charge on any atom is 0.224 e. The van der Waals surface area contributed by atoms with E-state index in [1.807, 2.05) is 0 Å². The fourth-order valence-electron chi connectivity index (χ4n) is 6.22. The Kier molecular flexibility index (Phi) is 4.49. The zero-order valence-electron chi connectivity index (χ0n) is 15.6. The van der Waals surface area contributed by atoms with E-state index in [0.29, 0.717) is 29.7 Å². The molecular formula is C22H31N3O. The van der Waals surface area contributed by atoms with Crippen LogP contribution in [0.2, 0.25) is 0 Å². The monoisotopic (exact) mass is 353 g/mol. The van der Waals surface area contributed by atoms with E-state index < -0.39 is 0 Å². The molecule has 0 spiro atoms. The summed E-state index contributed by atoms with van der Waals surface area (Å²) >= 11 is 0. The van der Waals surface area contributed by atoms with Crippen molar-refractivity contribution < 1.29 is 4.79 Å². The van der Waals surface area contributed by atoms with Gasteiger partial charge in [-0.1, -0.05) is 30.3 Å². The van der Waals surface area contributed by atoms with Crippen LogP contribution in [-0.2, 0) is 11.2 Å². The molecule has 3 atom stereocenters. The SMILES string of the molecule is O=C(N[C@H]1CCN(CCc2ccccc2)C1)C1C2CC3CC1CN(C3)C2. The molecule has 0 radical (unpaired) electrons. The van der Waals surface area contributed by atoms with Gasteiger partial charge in [0.05, 0.1) is 0 Å². The van der Waals surface area contributed by atoms with Gasteiger partial charge in [-0.15, -0.1) is 0 Å². The minimum atomic E-state index is 0.293. The van der Waals surface area contributed by atoms with Gasteiger partial charge in [0, 0.05) is 51.2 Å². The van der Waals surface area contributed by atoms with Gasteiger partial charge in [0.15, 0.2) is 0 Å². The van der Waals surface area contributed by atoms with Crippen molar-refractivity contribution in [3.63, 3.8) is 0 Å². The summed E-state index contributed by atoms with van der Waals surface area (Å²) in [5, 5.41) is 3.44. The van der Waals surface area contributed by atoms with Crippen molar-refractivity contribution in [1.29, 1.82) is 0 Å². The van der Waals surface area contributed by atoms with E-state index >= 15 is 0 Å². The average molecular weight is 354 g/mol. The topological polar surface area (TPSA) is 35.6 Å². The van der Waals surface area contributed by atoms with Crippen LogP contribution in [0.3, 0.4) is 0 Å². The number of carbonyl (C=O) groups is 1. The molecule has 4 aliphatic heterocycles. The van der Waals surface area contributed by atoms with E-state index in [4.69, 9.17) is 0 Å². The molecule has 1 saturated carbocycles. The molecule has 1 amide bonds. The minimum absolute atomic E-state index is 0.293. The zero-order chi connectivity index (χ0) is 17.5. The molecule has 0 aromatic heterocycles. The summed E-state index contributed by atoms with van der Waals surface area (Å²) in [6, 6.07) is 11.1. The number of carbonyl (C=O) groups excluding carboxylic acids is 1. The summed E-state index contributed by atoms with van der Waals surface area (Å²) in [5.41, 5.74) is 1.41. The molecule has 6 rings (SSSR count). The first-order valence-electron chi connectivity index (χ1n) is 10.5. The van der Waals surface area contributed by atoms with Crippen LogP contribution in [0.15, 0.2) is 30.3 Å². The Morgan fingerprint density at radius 2 is 1.81 bits per heavy atom. The average Bonchev–Trinajstić information content (AvgIpc) is 3.07. The number of benzene rings is 1. The Bertz CT molecular complexity index is 618. The molecular weight excluding hydrogens is 322 g/mol. The van der Waals surface area contributed by atoms with Crippen molar-refractivity contribution in [3.8, 4) is 0 Å². The molecule has 4 heteroatoms. The van der Waals surface area contributed by atoms with Crippen LogP contribution >= 0.6 is 0 Å². The predicted molar refractivity (Wildman–Crippen MR) is 103 cm³/mol. The maximum atomic E-state index is 13.0. The second-order valence-corrected chi connectivity index (χ2v) is 9.13. The van der Waals surface area contributed by atoms with Crippen molar-refractivity contribution >= 4 is 5.91 Å². The third kappa shape index (κ3) is 3.29. The van der Waals surface area contributed by atoms with E-state index in [-0.39, 0.29) is 0 Å². The van der Waals surface area contributed by atoms with Crippen LogP contribution < -0.4 is 5.32 Å². The molecule has 26 heavy (non-hydrogen) atoms. The van der Waals surface area contributed by atoms with E-state index in [9.17, 15) is 4.79 Å². The molecule has 2 unspecified atom stereocenters. The van der Waals surface area contributed by atoms with Gasteiger partial charge in [-0.2, -0.15) is 0 Å². The summed E-state index contributed by atoms with van der Waals surface area (Å²) in [4.78, 5) is 18.2. The third-order valence-electron chi connectivity index (χ3n) is 7.27. The zero-order valence-corrected chi connectivity index (χ0v) is 15.6. The molecule has 140 valence electrons. The van der Waals surface area contributed by atoms with Gasteiger partial charge in [0.25, 0.3) is 0 Å². The first-order valence-corrected chi connectivity index (χ1v) is 10.5. The lowest BCUT2D eigenvalue weighted by molar-refractivity contribution is -0.141. The van der Waals surface area contributed by atoms with Gasteiger partial charge in [0.2, 0.25) is 5.91 Å². The van der Waals surface area contributed by atoms with Crippen molar-refractivity contribution in [2.45, 2.75) is 31.7 Å². The Balaban J connectivity index is 1.12. The van der Waals surface area contributed by atoms with Crippen molar-refractivity contribution in [2.24, 2.45) is 23.7 Å². The quantitative estimate of drug-likeness (QED) is 0.880. The van der Waals surface area contributed by atoms with Gasteiger partial charge < -0.3 is 15.1 Å². The summed E-state index contributed by atoms with van der Waals surface area (Å²) in [6.07, 6.45) is 4.79. The number of hydrogen-bond acceptors (Lipinski definition) is 3. The van der Waals surface area contributed by atoms with Crippen LogP contribution in [-0.4, -0.2) is 61.0 Å². The maximum absolute atomic E-state index is 13.0. The van der Waals surface area contributed by atoms with Crippen LogP contribution in [0, 0.1) is 23.7 Å². The van der Waals surface area contributed by atoms with Crippen LogP contribution in [0.1, 0.15) is 24.8 Å². The van der Waals surface area contributed by atoms with E-state index in [2.05, 4.69) is 45.4 Å². The number of piperidine rings is 3. The van der Waals surface area contributed by atoms with Crippen molar-refractivity contribution in [3.05, 3.63) is 35.9 Å². The van der Waals surface area contributed by atoms with Gasteiger partial charge in [-0.3, -0.25) is 4.79 Å². The second kappa shape index (κ2) is 6.97. The normalized spacial score (nSPS) is 38.6. The highest BCUT2D eigenvalue weighted by Crippen LogP contribution is 2.47. The molecule has 5 fully saturated rings. The van der Waals surface area contributed by atoms with Gasteiger partial charge in [0.1, 0.15) is 0 Å². The molecule has 1 aliphatic carbocycles. The summed E-state index contributed by atoms with van der Waals surface area (Å²) < 4.78 is 0. The lowest BCUT2D eigenvalue weighted by atomic mass is 9.61. The predicted octanol–water partition coefficient (Wildman–Crippen LogP) is 2.01. The Morgan fingerprint density at radius 1 is 1.04 bits per heavy atom. The van der Waals surface area contributed by atoms with Crippen LogP contribution in [0.5, 0.6) is 0 Å². The first-order chi connectivity index (χ1) is 12.7. The lowest BCUT2D eigenvalue weighted by Crippen LogP contribution is -2.61. The van der Waals surface area contributed by atoms with Gasteiger partial charge >= 0.3 is 0 Å². The summed E-state index contributed by atoms with van der Waals surface area (Å²) in [5.74, 6) is 2.78. The Morgan fingerprint density at radius 3 is 2.54 bits per heavy atom. The molecule has 4 nitrogen and oxygen atoms in total. The van der Waals surface area contributed by atoms with E-state index in [1.165, 1.54) is 38.0 Å². The fourth-order valence-corrected chi connectivity index (χ4v) is 6.22. The molecule has 1 aromatic rings. The molecule has 4 heterocycles. The summed E-state index contributed by atoms with van der Waals surface area (Å²) in [6.45, 7) is 6.86. The number of nitrogens with one attached hydrogen (secondary N) is 1. The fraction of sp³-hybridized carbons (Fsp3) is 0.682.